The van der Waals surface area contributed by atoms with Crippen LogP contribution in [0.4, 0.5) is 5.82 Å². The Morgan fingerprint density at radius 3 is 2.85 bits per heavy atom. The van der Waals surface area contributed by atoms with E-state index in [4.69, 9.17) is 5.11 Å². The predicted molar refractivity (Wildman–Crippen MR) is 80.8 cm³/mol. The van der Waals surface area contributed by atoms with Crippen molar-refractivity contribution in [2.75, 3.05) is 11.4 Å². The van der Waals surface area contributed by atoms with E-state index < -0.39 is 5.97 Å². The molecule has 2 rings (SSSR count). The summed E-state index contributed by atoms with van der Waals surface area (Å²) in [5.41, 5.74) is 1.92. The quantitative estimate of drug-likeness (QED) is 0.860. The summed E-state index contributed by atoms with van der Waals surface area (Å²) in [6.45, 7) is 7.62. The second kappa shape index (κ2) is 6.07. The summed E-state index contributed by atoms with van der Waals surface area (Å²) in [4.78, 5) is 17.4. The molecular weight excluding hydrogens is 252 g/mol. The van der Waals surface area contributed by atoms with E-state index in [-0.39, 0.29) is 0 Å². The number of pyridine rings is 1. The van der Waals surface area contributed by atoms with Gasteiger partial charge in [-0.25, -0.2) is 9.78 Å². The van der Waals surface area contributed by atoms with Crippen LogP contribution in [0.1, 0.15) is 37.8 Å². The first-order valence-corrected chi connectivity index (χ1v) is 7.11. The van der Waals surface area contributed by atoms with E-state index in [2.05, 4.69) is 23.7 Å². The van der Waals surface area contributed by atoms with Crippen molar-refractivity contribution in [1.82, 2.24) is 4.98 Å². The SMILES string of the molecule is Cc1cc(/C=C/C(=O)O)cnc1N1CCC(C)CC1C. The topological polar surface area (TPSA) is 53.4 Å². The van der Waals surface area contributed by atoms with Crippen molar-refractivity contribution in [3.05, 3.63) is 29.5 Å². The van der Waals surface area contributed by atoms with Gasteiger partial charge in [0.15, 0.2) is 0 Å². The number of hydrogen-bond acceptors (Lipinski definition) is 3. The smallest absolute Gasteiger partial charge is 0.328 e. The molecule has 1 saturated heterocycles. The molecule has 20 heavy (non-hydrogen) atoms. The predicted octanol–water partition coefficient (Wildman–Crippen LogP) is 3.11. The van der Waals surface area contributed by atoms with Gasteiger partial charge in [0, 0.05) is 24.9 Å². The molecule has 0 saturated carbocycles. The number of anilines is 1. The van der Waals surface area contributed by atoms with Crippen LogP contribution in [0.5, 0.6) is 0 Å². The van der Waals surface area contributed by atoms with Gasteiger partial charge < -0.3 is 10.0 Å². The standard InChI is InChI=1S/C16H22N2O2/c1-11-6-7-18(13(3)8-11)16-12(2)9-14(10-17-16)4-5-15(19)20/h4-5,9-11,13H,6-8H2,1-3H3,(H,19,20)/b5-4+. The monoisotopic (exact) mass is 274 g/mol. The number of aryl methyl sites for hydroxylation is 1. The lowest BCUT2D eigenvalue weighted by molar-refractivity contribution is -0.131. The Kier molecular flexibility index (Phi) is 4.42. The number of carboxylic acids is 1. The summed E-state index contributed by atoms with van der Waals surface area (Å²) >= 11 is 0. The molecule has 1 N–H and O–H groups in total. The summed E-state index contributed by atoms with van der Waals surface area (Å²) in [5.74, 6) is 0.863. The fourth-order valence-corrected chi connectivity index (χ4v) is 2.87. The molecule has 1 aliphatic rings. The molecule has 4 heteroatoms. The van der Waals surface area contributed by atoms with Crippen LogP contribution in [-0.4, -0.2) is 28.6 Å². The lowest BCUT2D eigenvalue weighted by Gasteiger charge is -2.38. The Morgan fingerprint density at radius 1 is 1.50 bits per heavy atom. The Morgan fingerprint density at radius 2 is 2.25 bits per heavy atom. The maximum atomic E-state index is 10.5. The van der Waals surface area contributed by atoms with Gasteiger partial charge in [-0.15, -0.1) is 0 Å². The molecular formula is C16H22N2O2. The Bertz CT molecular complexity index is 525. The molecule has 0 bridgehead atoms. The zero-order valence-electron chi connectivity index (χ0n) is 12.3. The van der Waals surface area contributed by atoms with Gasteiger partial charge in [0.05, 0.1) is 0 Å². The van der Waals surface area contributed by atoms with Gasteiger partial charge >= 0.3 is 5.97 Å². The minimum absolute atomic E-state index is 0.505. The van der Waals surface area contributed by atoms with Crippen molar-refractivity contribution < 1.29 is 9.90 Å². The number of piperidine rings is 1. The van der Waals surface area contributed by atoms with Gasteiger partial charge in [-0.05, 0) is 55.9 Å². The number of rotatable bonds is 3. The summed E-state index contributed by atoms with van der Waals surface area (Å²) in [6, 6.07) is 2.50. The van der Waals surface area contributed by atoms with Crippen molar-refractivity contribution in [3.8, 4) is 0 Å². The number of nitrogens with zero attached hydrogens (tertiary/aromatic N) is 2. The number of hydrogen-bond donors (Lipinski definition) is 1. The fraction of sp³-hybridized carbons (Fsp3) is 0.500. The van der Waals surface area contributed by atoms with Gasteiger partial charge in [0.25, 0.3) is 0 Å². The summed E-state index contributed by atoms with van der Waals surface area (Å²) in [7, 11) is 0. The van der Waals surface area contributed by atoms with E-state index in [0.717, 1.165) is 35.5 Å². The molecule has 0 spiro atoms. The second-order valence-corrected chi connectivity index (χ2v) is 5.75. The normalized spacial score (nSPS) is 23.2. The number of carbonyl (C=O) groups is 1. The molecule has 1 fully saturated rings. The van der Waals surface area contributed by atoms with Crippen molar-refractivity contribution in [1.29, 1.82) is 0 Å². The molecule has 1 aromatic heterocycles. The number of aliphatic carboxylic acids is 1. The van der Waals surface area contributed by atoms with Crippen LogP contribution in [0.25, 0.3) is 6.08 Å². The lowest BCUT2D eigenvalue weighted by Crippen LogP contribution is -2.41. The summed E-state index contributed by atoms with van der Waals surface area (Å²) < 4.78 is 0. The molecule has 4 nitrogen and oxygen atoms in total. The number of aromatic nitrogens is 1. The summed E-state index contributed by atoms with van der Waals surface area (Å²) in [5, 5.41) is 8.65. The second-order valence-electron chi connectivity index (χ2n) is 5.75. The molecule has 2 atom stereocenters. The van der Waals surface area contributed by atoms with Crippen LogP contribution in [-0.2, 0) is 4.79 Å². The van der Waals surface area contributed by atoms with Crippen LogP contribution in [0.3, 0.4) is 0 Å². The zero-order chi connectivity index (χ0) is 14.7. The maximum Gasteiger partial charge on any atom is 0.328 e. The zero-order valence-corrected chi connectivity index (χ0v) is 12.3. The van der Waals surface area contributed by atoms with Gasteiger partial charge in [0.1, 0.15) is 5.82 Å². The highest BCUT2D eigenvalue weighted by Crippen LogP contribution is 2.28. The Balaban J connectivity index is 2.19. The van der Waals surface area contributed by atoms with E-state index in [9.17, 15) is 4.79 Å². The molecule has 0 aromatic carbocycles. The number of carboxylic acid groups (broad SMARTS) is 1. The molecule has 0 aliphatic carbocycles. The van der Waals surface area contributed by atoms with Crippen LogP contribution in [0.2, 0.25) is 0 Å². The molecule has 0 radical (unpaired) electrons. The molecule has 1 aromatic rings. The maximum absolute atomic E-state index is 10.5. The first kappa shape index (κ1) is 14.6. The van der Waals surface area contributed by atoms with Crippen LogP contribution in [0.15, 0.2) is 18.3 Å². The highest BCUT2D eigenvalue weighted by Gasteiger charge is 2.24. The average molecular weight is 274 g/mol. The van der Waals surface area contributed by atoms with Gasteiger partial charge in [-0.3, -0.25) is 0 Å². The molecule has 1 aliphatic heterocycles. The van der Waals surface area contributed by atoms with Crippen molar-refractivity contribution >= 4 is 17.9 Å². The van der Waals surface area contributed by atoms with Gasteiger partial charge in [-0.1, -0.05) is 6.92 Å². The highest BCUT2D eigenvalue weighted by atomic mass is 16.4. The van der Waals surface area contributed by atoms with E-state index >= 15 is 0 Å². The molecule has 108 valence electrons. The van der Waals surface area contributed by atoms with E-state index in [1.165, 1.54) is 12.8 Å². The first-order valence-electron chi connectivity index (χ1n) is 7.11. The van der Waals surface area contributed by atoms with Gasteiger partial charge in [0.2, 0.25) is 0 Å². The van der Waals surface area contributed by atoms with E-state index in [1.807, 2.05) is 13.0 Å². The largest absolute Gasteiger partial charge is 0.478 e. The van der Waals surface area contributed by atoms with Crippen molar-refractivity contribution in [3.63, 3.8) is 0 Å². The third-order valence-electron chi connectivity index (χ3n) is 3.90. The third kappa shape index (κ3) is 3.38. The van der Waals surface area contributed by atoms with Crippen LogP contribution in [0, 0.1) is 12.8 Å². The lowest BCUT2D eigenvalue weighted by atomic mass is 9.93. The molecule has 2 heterocycles. The van der Waals surface area contributed by atoms with Crippen LogP contribution >= 0.6 is 0 Å². The summed E-state index contributed by atoms with van der Waals surface area (Å²) in [6.07, 6.45) is 6.86. The Hall–Kier alpha value is -1.84. The minimum atomic E-state index is -0.939. The molecule has 2 unspecified atom stereocenters. The molecule has 0 amide bonds. The highest BCUT2D eigenvalue weighted by molar-refractivity contribution is 5.85. The third-order valence-corrected chi connectivity index (χ3v) is 3.90. The Labute approximate surface area is 120 Å². The minimum Gasteiger partial charge on any atom is -0.478 e. The van der Waals surface area contributed by atoms with Crippen molar-refractivity contribution in [2.24, 2.45) is 5.92 Å². The van der Waals surface area contributed by atoms with E-state index in [1.54, 1.807) is 12.3 Å². The average Bonchev–Trinajstić information content (AvgIpc) is 2.37. The van der Waals surface area contributed by atoms with Gasteiger partial charge in [-0.2, -0.15) is 0 Å². The fourth-order valence-electron chi connectivity index (χ4n) is 2.87. The van der Waals surface area contributed by atoms with Crippen molar-refractivity contribution in [2.45, 2.75) is 39.7 Å². The van der Waals surface area contributed by atoms with E-state index in [0.29, 0.717) is 6.04 Å². The first-order chi connectivity index (χ1) is 9.47. The van der Waals surface area contributed by atoms with Crippen LogP contribution < -0.4 is 4.90 Å².